The first-order valence-corrected chi connectivity index (χ1v) is 8.49. The molecule has 3 aromatic rings. The van der Waals surface area contributed by atoms with Crippen molar-refractivity contribution in [3.05, 3.63) is 76.7 Å². The molecule has 0 saturated heterocycles. The minimum atomic E-state index is -0.383. The average molecular weight is 386 g/mol. The van der Waals surface area contributed by atoms with Gasteiger partial charge in [0, 0.05) is 17.3 Å². The number of benzene rings is 2. The molecule has 0 spiro atoms. The third kappa shape index (κ3) is 4.35. The van der Waals surface area contributed by atoms with Crippen LogP contribution in [-0.2, 0) is 0 Å². The van der Waals surface area contributed by atoms with Crippen LogP contribution in [0.15, 0.2) is 54.7 Å². The van der Waals surface area contributed by atoms with E-state index in [0.29, 0.717) is 33.5 Å². The van der Waals surface area contributed by atoms with Crippen molar-refractivity contribution in [1.82, 2.24) is 4.98 Å². The maximum absolute atomic E-state index is 13.7. The topological polar surface area (TPSA) is 63.2 Å². The molecule has 0 aliphatic carbocycles. The number of hydrogen-bond donors (Lipinski definition) is 2. The van der Waals surface area contributed by atoms with E-state index in [1.165, 1.54) is 19.4 Å². The second kappa shape index (κ2) is 8.05. The number of pyridine rings is 1. The lowest BCUT2D eigenvalue weighted by atomic mass is 10.2. The Kier molecular flexibility index (Phi) is 5.57. The molecular weight excluding hydrogens is 369 g/mol. The molecule has 0 aliphatic rings. The van der Waals surface area contributed by atoms with Gasteiger partial charge < -0.3 is 15.4 Å². The number of hydrogen-bond acceptors (Lipinski definition) is 4. The molecule has 2 aromatic carbocycles. The number of nitrogens with one attached hydrogen (secondary N) is 2. The van der Waals surface area contributed by atoms with Crippen LogP contribution in [0.1, 0.15) is 15.9 Å². The highest BCUT2D eigenvalue weighted by atomic mass is 35.5. The van der Waals surface area contributed by atoms with E-state index >= 15 is 0 Å². The van der Waals surface area contributed by atoms with Crippen molar-refractivity contribution in [1.29, 1.82) is 0 Å². The number of para-hydroxylation sites is 1. The van der Waals surface area contributed by atoms with Crippen LogP contribution in [0.2, 0.25) is 5.02 Å². The van der Waals surface area contributed by atoms with E-state index in [9.17, 15) is 9.18 Å². The highest BCUT2D eigenvalue weighted by Crippen LogP contribution is 2.31. The summed E-state index contributed by atoms with van der Waals surface area (Å²) in [5.41, 5.74) is 1.99. The van der Waals surface area contributed by atoms with Gasteiger partial charge in [0.15, 0.2) is 0 Å². The van der Waals surface area contributed by atoms with Gasteiger partial charge in [0.1, 0.15) is 17.4 Å². The van der Waals surface area contributed by atoms with Crippen LogP contribution in [0.25, 0.3) is 0 Å². The van der Waals surface area contributed by atoms with Gasteiger partial charge in [0.2, 0.25) is 0 Å². The van der Waals surface area contributed by atoms with Crippen molar-refractivity contribution in [2.75, 3.05) is 17.7 Å². The first kappa shape index (κ1) is 18.7. The van der Waals surface area contributed by atoms with Gasteiger partial charge in [-0.2, -0.15) is 0 Å². The van der Waals surface area contributed by atoms with E-state index in [2.05, 4.69) is 15.6 Å². The lowest BCUT2D eigenvalue weighted by Gasteiger charge is -2.12. The number of amides is 1. The fraction of sp³-hybridized carbons (Fsp3) is 0.100. The molecule has 0 fully saturated rings. The van der Waals surface area contributed by atoms with Crippen LogP contribution in [0.4, 0.5) is 21.6 Å². The summed E-state index contributed by atoms with van der Waals surface area (Å²) in [7, 11) is 1.50. The number of halogens is 2. The molecule has 5 nitrogen and oxygen atoms in total. The third-order valence-corrected chi connectivity index (χ3v) is 4.30. The van der Waals surface area contributed by atoms with Crippen molar-refractivity contribution in [3.8, 4) is 5.75 Å². The molecule has 7 heteroatoms. The lowest BCUT2D eigenvalue weighted by molar-refractivity contribution is 0.102. The van der Waals surface area contributed by atoms with Crippen molar-refractivity contribution in [2.45, 2.75) is 6.92 Å². The van der Waals surface area contributed by atoms with Crippen molar-refractivity contribution in [2.24, 2.45) is 0 Å². The Morgan fingerprint density at radius 2 is 1.93 bits per heavy atom. The van der Waals surface area contributed by atoms with Gasteiger partial charge in [-0.15, -0.1) is 0 Å². The Labute approximate surface area is 161 Å². The Morgan fingerprint density at radius 3 is 2.59 bits per heavy atom. The number of nitrogens with zero attached hydrogens (tertiary/aromatic N) is 1. The zero-order chi connectivity index (χ0) is 19.4. The average Bonchev–Trinajstić information content (AvgIpc) is 2.67. The van der Waals surface area contributed by atoms with Crippen LogP contribution in [0.5, 0.6) is 5.75 Å². The molecule has 0 atom stereocenters. The summed E-state index contributed by atoms with van der Waals surface area (Å²) in [6.07, 6.45) is 1.41. The molecule has 0 bridgehead atoms. The monoisotopic (exact) mass is 385 g/mol. The molecule has 1 heterocycles. The predicted octanol–water partition coefficient (Wildman–Crippen LogP) is 5.19. The Bertz CT molecular complexity index is 977. The van der Waals surface area contributed by atoms with E-state index in [0.717, 1.165) is 5.56 Å². The summed E-state index contributed by atoms with van der Waals surface area (Å²) < 4.78 is 18.9. The largest absolute Gasteiger partial charge is 0.495 e. The molecule has 1 aromatic heterocycles. The zero-order valence-corrected chi connectivity index (χ0v) is 15.5. The first-order valence-electron chi connectivity index (χ1n) is 8.11. The fourth-order valence-electron chi connectivity index (χ4n) is 2.43. The summed E-state index contributed by atoms with van der Waals surface area (Å²) >= 11 is 6.08. The van der Waals surface area contributed by atoms with Crippen molar-refractivity contribution >= 4 is 34.7 Å². The fourth-order valence-corrected chi connectivity index (χ4v) is 2.58. The lowest BCUT2D eigenvalue weighted by Crippen LogP contribution is -2.13. The van der Waals surface area contributed by atoms with Gasteiger partial charge in [0.05, 0.1) is 24.0 Å². The van der Waals surface area contributed by atoms with Gasteiger partial charge in [0.25, 0.3) is 5.91 Å². The maximum atomic E-state index is 13.7. The molecule has 138 valence electrons. The van der Waals surface area contributed by atoms with Crippen molar-refractivity contribution in [3.63, 3.8) is 0 Å². The Morgan fingerprint density at radius 1 is 1.15 bits per heavy atom. The van der Waals surface area contributed by atoms with Crippen LogP contribution in [0.3, 0.4) is 0 Å². The van der Waals surface area contributed by atoms with Crippen molar-refractivity contribution < 1.29 is 13.9 Å². The number of aromatic nitrogens is 1. The minimum Gasteiger partial charge on any atom is -0.495 e. The summed E-state index contributed by atoms with van der Waals surface area (Å²) in [5, 5.41) is 6.20. The summed E-state index contributed by atoms with van der Waals surface area (Å²) in [4.78, 5) is 16.6. The van der Waals surface area contributed by atoms with Crippen LogP contribution in [-0.4, -0.2) is 18.0 Å². The van der Waals surface area contributed by atoms with Crippen LogP contribution in [0, 0.1) is 12.7 Å². The van der Waals surface area contributed by atoms with Gasteiger partial charge in [-0.25, -0.2) is 9.37 Å². The van der Waals surface area contributed by atoms with E-state index in [1.54, 1.807) is 42.5 Å². The normalized spacial score (nSPS) is 10.4. The third-order valence-electron chi connectivity index (χ3n) is 3.89. The summed E-state index contributed by atoms with van der Waals surface area (Å²) in [5.74, 6) is 0.160. The first-order chi connectivity index (χ1) is 13.0. The second-order valence-corrected chi connectivity index (χ2v) is 6.20. The number of aryl methyl sites for hydroxylation is 1. The quantitative estimate of drug-likeness (QED) is 0.634. The van der Waals surface area contributed by atoms with Crippen LogP contribution < -0.4 is 15.4 Å². The Hall–Kier alpha value is -3.12. The molecule has 0 radical (unpaired) electrons. The number of carbonyl (C=O) groups excluding carboxylic acids is 1. The number of ether oxygens (including phenoxy) is 1. The predicted molar refractivity (Wildman–Crippen MR) is 105 cm³/mol. The van der Waals surface area contributed by atoms with E-state index in [4.69, 9.17) is 16.3 Å². The molecule has 27 heavy (non-hydrogen) atoms. The summed E-state index contributed by atoms with van der Waals surface area (Å²) in [6, 6.07) is 12.9. The van der Waals surface area contributed by atoms with Crippen LogP contribution >= 0.6 is 11.6 Å². The molecule has 0 unspecified atom stereocenters. The van der Waals surface area contributed by atoms with Gasteiger partial charge in [-0.05, 0) is 42.8 Å². The Balaban J connectivity index is 1.75. The standard InChI is InChI=1S/C20H17ClFN3O2/c1-12-9-17(18(27-2)10-14(12)21)25-20(26)13-7-8-19(23-11-13)24-16-6-4-3-5-15(16)22/h3-11H,1-2H3,(H,23,24)(H,25,26). The zero-order valence-electron chi connectivity index (χ0n) is 14.7. The molecule has 1 amide bonds. The number of carbonyl (C=O) groups is 1. The van der Waals surface area contributed by atoms with Gasteiger partial charge in [-0.3, -0.25) is 4.79 Å². The van der Waals surface area contributed by atoms with E-state index < -0.39 is 0 Å². The number of methoxy groups -OCH3 is 1. The van der Waals surface area contributed by atoms with Gasteiger partial charge in [-0.1, -0.05) is 23.7 Å². The maximum Gasteiger partial charge on any atom is 0.257 e. The highest BCUT2D eigenvalue weighted by molar-refractivity contribution is 6.31. The molecule has 3 rings (SSSR count). The molecular formula is C20H17ClFN3O2. The van der Waals surface area contributed by atoms with E-state index in [-0.39, 0.29) is 11.7 Å². The second-order valence-electron chi connectivity index (χ2n) is 5.79. The number of rotatable bonds is 5. The minimum absolute atomic E-state index is 0.309. The number of anilines is 3. The van der Waals surface area contributed by atoms with Gasteiger partial charge >= 0.3 is 0 Å². The molecule has 0 aliphatic heterocycles. The van der Waals surface area contributed by atoms with E-state index in [1.807, 2.05) is 6.92 Å². The SMILES string of the molecule is COc1cc(Cl)c(C)cc1NC(=O)c1ccc(Nc2ccccc2F)nc1. The molecule has 0 saturated carbocycles. The highest BCUT2D eigenvalue weighted by Gasteiger charge is 2.12. The molecule has 2 N–H and O–H groups in total. The summed E-state index contributed by atoms with van der Waals surface area (Å²) in [6.45, 7) is 1.84. The smallest absolute Gasteiger partial charge is 0.257 e.